The van der Waals surface area contributed by atoms with Gasteiger partial charge in [0.15, 0.2) is 5.72 Å². The molecular formula is C25H19Cl2F3N2O4. The topological polar surface area (TPSA) is 62.2 Å². The van der Waals surface area contributed by atoms with Gasteiger partial charge in [0.05, 0.1) is 6.61 Å². The average molecular weight is 539 g/mol. The maximum atomic E-state index is 14.1. The summed E-state index contributed by atoms with van der Waals surface area (Å²) in [5, 5.41) is 13.4. The number of carbonyl (C=O) groups is 1. The molecule has 1 N–H and O–H groups in total. The number of hydrogen-bond acceptors (Lipinski definition) is 4. The molecule has 0 radical (unpaired) electrons. The summed E-state index contributed by atoms with van der Waals surface area (Å²) in [6, 6.07) is 17.1. The number of anilines is 2. The Morgan fingerprint density at radius 1 is 0.917 bits per heavy atom. The van der Waals surface area contributed by atoms with Crippen molar-refractivity contribution < 1.29 is 32.5 Å². The maximum Gasteiger partial charge on any atom is 0.573 e. The number of benzene rings is 3. The van der Waals surface area contributed by atoms with Crippen molar-refractivity contribution in [2.45, 2.75) is 24.0 Å². The van der Waals surface area contributed by atoms with Crippen LogP contribution in [0.2, 0.25) is 10.0 Å². The van der Waals surface area contributed by atoms with Crippen LogP contribution in [-0.2, 0) is 10.5 Å². The zero-order valence-corrected chi connectivity index (χ0v) is 20.0. The van der Waals surface area contributed by atoms with E-state index in [4.69, 9.17) is 27.9 Å². The molecule has 3 aromatic rings. The minimum absolute atomic E-state index is 0.0227. The number of ether oxygens (including phenoxy) is 2. The zero-order chi connectivity index (χ0) is 25.7. The minimum Gasteiger partial charge on any atom is -0.406 e. The van der Waals surface area contributed by atoms with E-state index in [1.165, 1.54) is 17.0 Å². The molecule has 0 saturated carbocycles. The summed E-state index contributed by atoms with van der Waals surface area (Å²) in [7, 11) is 0. The lowest BCUT2D eigenvalue weighted by Gasteiger charge is -2.44. The van der Waals surface area contributed by atoms with Crippen LogP contribution in [0.1, 0.15) is 12.0 Å². The van der Waals surface area contributed by atoms with Gasteiger partial charge in [0, 0.05) is 40.0 Å². The molecule has 2 aliphatic rings. The number of urea groups is 1. The number of aliphatic hydroxyl groups is 1. The summed E-state index contributed by atoms with van der Waals surface area (Å²) in [5.74, 6) is -0.532. The van der Waals surface area contributed by atoms with Gasteiger partial charge in [-0.1, -0.05) is 35.3 Å². The van der Waals surface area contributed by atoms with Crippen LogP contribution < -0.4 is 14.5 Å². The molecule has 5 rings (SSSR count). The summed E-state index contributed by atoms with van der Waals surface area (Å²) < 4.78 is 48.8. The molecule has 0 aromatic heterocycles. The number of rotatable bonds is 4. The molecule has 2 aliphatic heterocycles. The maximum absolute atomic E-state index is 14.1. The van der Waals surface area contributed by atoms with Gasteiger partial charge in [0.25, 0.3) is 0 Å². The van der Waals surface area contributed by atoms with E-state index in [1.54, 1.807) is 48.5 Å². The first-order valence-electron chi connectivity index (χ1n) is 10.9. The van der Waals surface area contributed by atoms with E-state index in [0.717, 1.165) is 17.0 Å². The third kappa shape index (κ3) is 3.96. The smallest absolute Gasteiger partial charge is 0.406 e. The van der Waals surface area contributed by atoms with Crippen molar-refractivity contribution in [1.82, 2.24) is 0 Å². The Morgan fingerprint density at radius 3 is 2.03 bits per heavy atom. The fraction of sp³-hybridized carbons (Fsp3) is 0.240. The van der Waals surface area contributed by atoms with Gasteiger partial charge in [-0.05, 0) is 60.7 Å². The van der Waals surface area contributed by atoms with E-state index >= 15 is 0 Å². The molecule has 1 spiro atoms. The first kappa shape index (κ1) is 24.7. The Bertz CT molecular complexity index is 1280. The second-order valence-electron chi connectivity index (χ2n) is 8.49. The van der Waals surface area contributed by atoms with E-state index in [0.29, 0.717) is 15.7 Å². The predicted octanol–water partition coefficient (Wildman–Crippen LogP) is 6.34. The number of alkyl halides is 3. The van der Waals surface area contributed by atoms with Crippen LogP contribution in [0.5, 0.6) is 5.75 Å². The first-order chi connectivity index (χ1) is 17.0. The zero-order valence-electron chi connectivity index (χ0n) is 18.5. The summed E-state index contributed by atoms with van der Waals surface area (Å²) >= 11 is 12.1. The first-order valence-corrected chi connectivity index (χ1v) is 11.6. The highest BCUT2D eigenvalue weighted by Gasteiger charge is 2.70. The minimum atomic E-state index is -4.94. The SMILES string of the molecule is O=C1N(c2ccc(Cl)cc2)[C@]2(CCOC2)[C@@](O)(c2cccc(OC(F)(F)F)c2)N1c1ccc(Cl)cc1. The number of halogens is 5. The fourth-order valence-corrected chi connectivity index (χ4v) is 5.19. The van der Waals surface area contributed by atoms with Crippen molar-refractivity contribution in [1.29, 1.82) is 0 Å². The molecule has 2 fully saturated rings. The third-order valence-electron chi connectivity index (χ3n) is 6.42. The summed E-state index contributed by atoms with van der Waals surface area (Å²) in [5.41, 5.74) is -2.80. The van der Waals surface area contributed by atoms with Gasteiger partial charge in [-0.3, -0.25) is 9.80 Å². The van der Waals surface area contributed by atoms with Gasteiger partial charge in [0.2, 0.25) is 0 Å². The molecule has 36 heavy (non-hydrogen) atoms. The van der Waals surface area contributed by atoms with E-state index in [2.05, 4.69) is 4.74 Å². The molecule has 2 saturated heterocycles. The van der Waals surface area contributed by atoms with Gasteiger partial charge >= 0.3 is 12.4 Å². The Kier molecular flexibility index (Phi) is 6.07. The Hall–Kier alpha value is -2.98. The van der Waals surface area contributed by atoms with E-state index in [9.17, 15) is 23.1 Å². The van der Waals surface area contributed by atoms with Gasteiger partial charge < -0.3 is 14.6 Å². The molecular weight excluding hydrogens is 520 g/mol. The van der Waals surface area contributed by atoms with Crippen molar-refractivity contribution in [2.75, 3.05) is 23.0 Å². The summed E-state index contributed by atoms with van der Waals surface area (Å²) in [6.45, 7) is 0.138. The predicted molar refractivity (Wildman–Crippen MR) is 128 cm³/mol. The molecule has 2 atom stereocenters. The van der Waals surface area contributed by atoms with Crippen LogP contribution in [0.4, 0.5) is 29.3 Å². The van der Waals surface area contributed by atoms with E-state index in [-0.39, 0.29) is 30.9 Å². The highest BCUT2D eigenvalue weighted by Crippen LogP contribution is 2.54. The molecule has 0 unspecified atom stereocenters. The standard InChI is InChI=1S/C25H19Cl2F3N2O4/c26-17-4-8-19(9-5-17)31-22(33)32(20-10-6-18(27)7-11-20)24(34,23(31)12-13-35-15-23)16-2-1-3-21(14-16)36-25(28,29)30/h1-11,14,34H,12-13,15H2/t23-,24-/m0/s1. The quantitative estimate of drug-likeness (QED) is 0.420. The van der Waals surface area contributed by atoms with Gasteiger partial charge in [0.1, 0.15) is 11.3 Å². The van der Waals surface area contributed by atoms with Crippen LogP contribution >= 0.6 is 23.2 Å². The number of amides is 2. The highest BCUT2D eigenvalue weighted by atomic mass is 35.5. The lowest BCUT2D eigenvalue weighted by Crippen LogP contribution is -2.60. The summed E-state index contributed by atoms with van der Waals surface area (Å²) in [4.78, 5) is 16.7. The van der Waals surface area contributed by atoms with Crippen LogP contribution in [0, 0.1) is 0 Å². The monoisotopic (exact) mass is 538 g/mol. The molecule has 3 aromatic carbocycles. The normalized spacial score (nSPS) is 24.1. The van der Waals surface area contributed by atoms with E-state index < -0.39 is 29.4 Å². The molecule has 11 heteroatoms. The highest BCUT2D eigenvalue weighted by molar-refractivity contribution is 6.31. The van der Waals surface area contributed by atoms with Gasteiger partial charge in [-0.15, -0.1) is 13.2 Å². The molecule has 2 amide bonds. The number of nitrogens with zero attached hydrogens (tertiary/aromatic N) is 2. The van der Waals surface area contributed by atoms with Crippen LogP contribution in [0.25, 0.3) is 0 Å². The van der Waals surface area contributed by atoms with Gasteiger partial charge in [-0.25, -0.2) is 4.79 Å². The average Bonchev–Trinajstić information content (AvgIpc) is 3.38. The molecule has 6 nitrogen and oxygen atoms in total. The van der Waals surface area contributed by atoms with Crippen molar-refractivity contribution in [3.8, 4) is 5.75 Å². The Labute approximate surface area is 214 Å². The largest absolute Gasteiger partial charge is 0.573 e. The van der Waals surface area contributed by atoms with Crippen LogP contribution in [0.3, 0.4) is 0 Å². The van der Waals surface area contributed by atoms with Crippen molar-refractivity contribution in [3.63, 3.8) is 0 Å². The van der Waals surface area contributed by atoms with Crippen molar-refractivity contribution in [2.24, 2.45) is 0 Å². The Morgan fingerprint density at radius 2 is 1.50 bits per heavy atom. The second-order valence-corrected chi connectivity index (χ2v) is 9.36. The molecule has 0 aliphatic carbocycles. The number of hydrogen-bond donors (Lipinski definition) is 1. The van der Waals surface area contributed by atoms with Crippen LogP contribution in [-0.4, -0.2) is 36.3 Å². The molecule has 188 valence electrons. The van der Waals surface area contributed by atoms with Crippen molar-refractivity contribution >= 4 is 40.6 Å². The number of carbonyl (C=O) groups excluding carboxylic acids is 1. The Balaban J connectivity index is 1.75. The van der Waals surface area contributed by atoms with Crippen LogP contribution in [0.15, 0.2) is 72.8 Å². The lowest BCUT2D eigenvalue weighted by atomic mass is 9.79. The molecule has 0 bridgehead atoms. The second kappa shape index (κ2) is 8.85. The van der Waals surface area contributed by atoms with Crippen molar-refractivity contribution in [3.05, 3.63) is 88.4 Å². The van der Waals surface area contributed by atoms with Gasteiger partial charge in [-0.2, -0.15) is 0 Å². The molecule has 2 heterocycles. The van der Waals surface area contributed by atoms with E-state index in [1.807, 2.05) is 0 Å². The lowest BCUT2D eigenvalue weighted by molar-refractivity contribution is -0.274. The third-order valence-corrected chi connectivity index (χ3v) is 6.93. The summed E-state index contributed by atoms with van der Waals surface area (Å²) in [6.07, 6.45) is -4.74. The fourth-order valence-electron chi connectivity index (χ4n) is 4.93.